The van der Waals surface area contributed by atoms with E-state index in [4.69, 9.17) is 0 Å². The summed E-state index contributed by atoms with van der Waals surface area (Å²) in [6.07, 6.45) is 0. The molecule has 5 rings (SSSR count). The van der Waals surface area contributed by atoms with Crippen molar-refractivity contribution in [3.63, 3.8) is 0 Å². The van der Waals surface area contributed by atoms with Crippen LogP contribution in [0.25, 0.3) is 11.4 Å². The zero-order valence-electron chi connectivity index (χ0n) is 19.4. The highest BCUT2D eigenvalue weighted by Crippen LogP contribution is 2.40. The number of nitrogens with zero attached hydrogens (tertiary/aromatic N) is 2. The van der Waals surface area contributed by atoms with E-state index in [1.165, 1.54) is 9.36 Å². The predicted molar refractivity (Wildman–Crippen MR) is 152 cm³/mol. The van der Waals surface area contributed by atoms with Gasteiger partial charge in [-0.1, -0.05) is 52.3 Å². The van der Waals surface area contributed by atoms with Crippen molar-refractivity contribution < 1.29 is 5.11 Å². The van der Waals surface area contributed by atoms with Crippen molar-refractivity contribution in [1.82, 2.24) is 19.6 Å². The van der Waals surface area contributed by atoms with E-state index in [1.807, 2.05) is 83.3 Å². The summed E-state index contributed by atoms with van der Waals surface area (Å²) in [7, 11) is 0. The molecule has 0 amide bonds. The van der Waals surface area contributed by atoms with Gasteiger partial charge in [0.2, 0.25) is 0 Å². The average Bonchev–Trinajstić information content (AvgIpc) is 3.33. The molecule has 0 aliphatic heterocycles. The fraction of sp³-hybridized carbons (Fsp3) is 0.111. The number of H-pyrrole nitrogens is 2. The average molecular weight is 657 g/mol. The number of hydrogen-bond acceptors (Lipinski definition) is 3. The Kier molecular flexibility index (Phi) is 6.52. The Bertz CT molecular complexity index is 1590. The van der Waals surface area contributed by atoms with Crippen molar-refractivity contribution in [2.45, 2.75) is 19.8 Å². The molecule has 0 saturated carbocycles. The minimum Gasteiger partial charge on any atom is -0.507 e. The Morgan fingerprint density at radius 1 is 0.806 bits per heavy atom. The molecule has 182 valence electrons. The number of aryl methyl sites for hydroxylation is 2. The lowest BCUT2D eigenvalue weighted by atomic mass is 9.85. The van der Waals surface area contributed by atoms with Gasteiger partial charge in [0.15, 0.2) is 0 Å². The largest absolute Gasteiger partial charge is 0.507 e. The van der Waals surface area contributed by atoms with Crippen molar-refractivity contribution in [2.75, 3.05) is 0 Å². The quantitative estimate of drug-likeness (QED) is 0.218. The van der Waals surface area contributed by atoms with Crippen molar-refractivity contribution in [3.05, 3.63) is 130 Å². The van der Waals surface area contributed by atoms with Crippen LogP contribution in [-0.4, -0.2) is 24.7 Å². The molecular weight excluding hydrogens is 635 g/mol. The number of hydrogen-bond donors (Lipinski definition) is 3. The summed E-state index contributed by atoms with van der Waals surface area (Å²) >= 11 is 5.57. The van der Waals surface area contributed by atoms with Crippen LogP contribution in [0.5, 0.6) is 5.75 Å². The molecule has 3 N–H and O–H groups in total. The van der Waals surface area contributed by atoms with E-state index in [1.54, 1.807) is 26.0 Å². The number of rotatable bonds is 5. The van der Waals surface area contributed by atoms with Gasteiger partial charge < -0.3 is 5.11 Å². The summed E-state index contributed by atoms with van der Waals surface area (Å²) < 4.78 is 4.28. The van der Waals surface area contributed by atoms with Crippen LogP contribution >= 0.6 is 38.5 Å². The number of aromatic amines is 2. The van der Waals surface area contributed by atoms with Crippen LogP contribution in [-0.2, 0) is 0 Å². The minimum atomic E-state index is -0.821. The van der Waals surface area contributed by atoms with Gasteiger partial charge in [0, 0.05) is 21.4 Å². The molecule has 0 aliphatic rings. The number of aromatic hydroxyl groups is 1. The first kappa shape index (κ1) is 24.4. The monoisotopic (exact) mass is 656 g/mol. The van der Waals surface area contributed by atoms with Gasteiger partial charge in [-0.3, -0.25) is 19.8 Å². The highest BCUT2D eigenvalue weighted by Gasteiger charge is 2.33. The summed E-state index contributed by atoms with van der Waals surface area (Å²) in [5.41, 5.74) is 3.24. The van der Waals surface area contributed by atoms with Crippen LogP contribution < -0.4 is 11.1 Å². The summed E-state index contributed by atoms with van der Waals surface area (Å²) in [6.45, 7) is 3.61. The standard InChI is InChI=1S/C27H22BrIN4O3/c1-15-22(26(35)32(30-15)18-9-5-3-6-10-18)24(20-13-17(28)14-21(29)25(20)34)23-16(2)31-33(27(23)36)19-11-7-4-8-12-19/h3-14,24,30-31,34H,1-2H3. The fourth-order valence-corrected chi connectivity index (χ4v) is 6.13. The van der Waals surface area contributed by atoms with Gasteiger partial charge in [-0.25, -0.2) is 9.36 Å². The summed E-state index contributed by atoms with van der Waals surface area (Å²) in [5, 5.41) is 17.5. The number of para-hydroxylation sites is 2. The Labute approximate surface area is 228 Å². The molecule has 9 heteroatoms. The topological polar surface area (TPSA) is 95.8 Å². The number of nitrogens with one attached hydrogen (secondary N) is 2. The van der Waals surface area contributed by atoms with Gasteiger partial charge in [0.1, 0.15) is 5.75 Å². The van der Waals surface area contributed by atoms with Crippen LogP contribution in [0.4, 0.5) is 0 Å². The summed E-state index contributed by atoms with van der Waals surface area (Å²) in [5.74, 6) is -0.792. The first-order valence-corrected chi connectivity index (χ1v) is 13.1. The maximum Gasteiger partial charge on any atom is 0.275 e. The highest BCUT2D eigenvalue weighted by molar-refractivity contribution is 14.1. The van der Waals surface area contributed by atoms with Crippen LogP contribution in [0.3, 0.4) is 0 Å². The Morgan fingerprint density at radius 3 is 1.69 bits per heavy atom. The van der Waals surface area contributed by atoms with E-state index in [0.717, 1.165) is 4.47 Å². The number of halogens is 2. The van der Waals surface area contributed by atoms with E-state index < -0.39 is 5.92 Å². The molecule has 3 aromatic carbocycles. The van der Waals surface area contributed by atoms with Gasteiger partial charge in [-0.2, -0.15) is 0 Å². The fourth-order valence-electron chi connectivity index (χ4n) is 4.58. The van der Waals surface area contributed by atoms with Gasteiger partial charge in [0.25, 0.3) is 11.1 Å². The molecule has 0 atom stereocenters. The second kappa shape index (κ2) is 9.62. The molecule has 0 aliphatic carbocycles. The van der Waals surface area contributed by atoms with Gasteiger partial charge in [0.05, 0.1) is 32.0 Å². The lowest BCUT2D eigenvalue weighted by molar-refractivity contribution is 0.463. The first-order valence-electron chi connectivity index (χ1n) is 11.2. The van der Waals surface area contributed by atoms with Crippen molar-refractivity contribution in [2.24, 2.45) is 0 Å². The third-order valence-electron chi connectivity index (χ3n) is 6.21. The van der Waals surface area contributed by atoms with E-state index >= 15 is 0 Å². The first-order chi connectivity index (χ1) is 17.3. The molecule has 2 heterocycles. The summed E-state index contributed by atoms with van der Waals surface area (Å²) in [6, 6.07) is 22.1. The molecule has 0 saturated heterocycles. The Morgan fingerprint density at radius 2 is 1.25 bits per heavy atom. The molecule has 0 fully saturated rings. The third-order valence-corrected chi connectivity index (χ3v) is 7.49. The predicted octanol–water partition coefficient (Wildman–Crippen LogP) is 5.51. The maximum atomic E-state index is 13.9. The van der Waals surface area contributed by atoms with Gasteiger partial charge in [-0.05, 0) is 72.8 Å². The molecule has 0 bridgehead atoms. The second-order valence-electron chi connectivity index (χ2n) is 8.51. The number of phenols is 1. The zero-order chi connectivity index (χ0) is 25.6. The molecule has 5 aromatic rings. The molecule has 0 spiro atoms. The maximum absolute atomic E-state index is 13.9. The van der Waals surface area contributed by atoms with Crippen LogP contribution in [0.15, 0.2) is 86.9 Å². The number of benzene rings is 3. The SMILES string of the molecule is Cc1[nH]n(-c2ccccc2)c(=O)c1C(c1cc(Br)cc(I)c1O)c1c(C)[nH]n(-c2ccccc2)c1=O. The number of phenolic OH excluding ortho intramolecular Hbond substituents is 1. The Hall–Kier alpha value is -3.31. The molecule has 0 unspecified atom stereocenters. The lowest BCUT2D eigenvalue weighted by Gasteiger charge is -2.18. The van der Waals surface area contributed by atoms with E-state index in [2.05, 4.69) is 26.1 Å². The van der Waals surface area contributed by atoms with Crippen molar-refractivity contribution >= 4 is 38.5 Å². The summed E-state index contributed by atoms with van der Waals surface area (Å²) in [4.78, 5) is 27.8. The molecule has 7 nitrogen and oxygen atoms in total. The van der Waals surface area contributed by atoms with E-state index in [-0.39, 0.29) is 16.9 Å². The number of aromatic nitrogens is 4. The third kappa shape index (κ3) is 4.16. The second-order valence-corrected chi connectivity index (χ2v) is 10.6. The normalized spacial score (nSPS) is 11.4. The minimum absolute atomic E-state index is 0.0290. The molecule has 2 aromatic heterocycles. The lowest BCUT2D eigenvalue weighted by Crippen LogP contribution is -2.25. The highest BCUT2D eigenvalue weighted by atomic mass is 127. The van der Waals surface area contributed by atoms with Gasteiger partial charge >= 0.3 is 0 Å². The van der Waals surface area contributed by atoms with Crippen LogP contribution in [0.2, 0.25) is 0 Å². The molecule has 0 radical (unpaired) electrons. The van der Waals surface area contributed by atoms with Gasteiger partial charge in [-0.15, -0.1) is 0 Å². The van der Waals surface area contributed by atoms with E-state index in [9.17, 15) is 14.7 Å². The smallest absolute Gasteiger partial charge is 0.275 e. The molecule has 36 heavy (non-hydrogen) atoms. The Balaban J connectivity index is 1.83. The van der Waals surface area contributed by atoms with Crippen LogP contribution in [0, 0.1) is 17.4 Å². The molecular formula is C27H22BrIN4O3. The van der Waals surface area contributed by atoms with E-state index in [0.29, 0.717) is 43.0 Å². The van der Waals surface area contributed by atoms with Crippen molar-refractivity contribution in [1.29, 1.82) is 0 Å². The van der Waals surface area contributed by atoms with Crippen molar-refractivity contribution in [3.8, 4) is 17.1 Å². The zero-order valence-corrected chi connectivity index (χ0v) is 23.2. The van der Waals surface area contributed by atoms with Crippen LogP contribution in [0.1, 0.15) is 34.0 Å².